The molecule has 20 heavy (non-hydrogen) atoms. The predicted octanol–water partition coefficient (Wildman–Crippen LogP) is 3.52. The number of pyridine rings is 1. The van der Waals surface area contributed by atoms with Crippen LogP contribution in [0.1, 0.15) is 11.1 Å². The molecule has 1 aromatic heterocycles. The number of carbonyl (C=O) groups excluding carboxylic acids is 1. The minimum Gasteiger partial charge on any atom is -0.337 e. The van der Waals surface area contributed by atoms with E-state index in [0.717, 1.165) is 10.9 Å². The van der Waals surface area contributed by atoms with Crippen LogP contribution in [0.15, 0.2) is 47.1 Å². The zero-order valence-corrected chi connectivity index (χ0v) is 12.8. The van der Waals surface area contributed by atoms with E-state index >= 15 is 0 Å². The normalized spacial score (nSPS) is 10.1. The predicted molar refractivity (Wildman–Crippen MR) is 83.8 cm³/mol. The molecule has 0 aliphatic carbocycles. The summed E-state index contributed by atoms with van der Waals surface area (Å²) >= 11 is 3.30. The summed E-state index contributed by atoms with van der Waals surface area (Å²) < 4.78 is 0.878. The van der Waals surface area contributed by atoms with Gasteiger partial charge in [0.1, 0.15) is 5.82 Å². The molecule has 0 aliphatic heterocycles. The van der Waals surface area contributed by atoms with Gasteiger partial charge in [-0.2, -0.15) is 0 Å². The van der Waals surface area contributed by atoms with Gasteiger partial charge in [-0.3, -0.25) is 5.32 Å². The number of benzene rings is 1. The number of hydrogen-bond donors (Lipinski definition) is 2. The SMILES string of the molecule is Cc1ccccc1CCNC(=O)Nc1ccc(Br)cn1. The number of nitrogens with zero attached hydrogens (tertiary/aromatic N) is 1. The van der Waals surface area contributed by atoms with Gasteiger partial charge in [0.25, 0.3) is 0 Å². The zero-order valence-electron chi connectivity index (χ0n) is 11.2. The fourth-order valence-electron chi connectivity index (χ4n) is 1.81. The van der Waals surface area contributed by atoms with Gasteiger partial charge in [-0.05, 0) is 52.5 Å². The maximum Gasteiger partial charge on any atom is 0.320 e. The average Bonchev–Trinajstić information content (AvgIpc) is 2.43. The average molecular weight is 334 g/mol. The fraction of sp³-hybridized carbons (Fsp3) is 0.200. The topological polar surface area (TPSA) is 54.0 Å². The third-order valence-electron chi connectivity index (χ3n) is 2.91. The summed E-state index contributed by atoms with van der Waals surface area (Å²) in [6, 6.07) is 11.5. The second-order valence-electron chi connectivity index (χ2n) is 4.42. The molecular formula is C15H16BrN3O. The highest BCUT2D eigenvalue weighted by Gasteiger charge is 2.03. The van der Waals surface area contributed by atoms with Gasteiger partial charge < -0.3 is 5.32 Å². The lowest BCUT2D eigenvalue weighted by molar-refractivity contribution is 0.252. The highest BCUT2D eigenvalue weighted by atomic mass is 79.9. The van der Waals surface area contributed by atoms with Gasteiger partial charge in [0.2, 0.25) is 0 Å². The van der Waals surface area contributed by atoms with Crippen molar-refractivity contribution >= 4 is 27.8 Å². The highest BCUT2D eigenvalue weighted by molar-refractivity contribution is 9.10. The Hall–Kier alpha value is -1.88. The Labute approximate surface area is 126 Å². The molecule has 0 bridgehead atoms. The molecule has 0 aliphatic rings. The van der Waals surface area contributed by atoms with E-state index in [-0.39, 0.29) is 6.03 Å². The third-order valence-corrected chi connectivity index (χ3v) is 3.38. The third kappa shape index (κ3) is 4.35. The summed E-state index contributed by atoms with van der Waals surface area (Å²) in [6.45, 7) is 2.66. The smallest absolute Gasteiger partial charge is 0.320 e. The Balaban J connectivity index is 1.78. The maximum absolute atomic E-state index is 11.7. The summed E-state index contributed by atoms with van der Waals surface area (Å²) in [4.78, 5) is 15.8. The molecular weight excluding hydrogens is 318 g/mol. The number of aromatic nitrogens is 1. The lowest BCUT2D eigenvalue weighted by atomic mass is 10.1. The van der Waals surface area contributed by atoms with Gasteiger partial charge in [-0.1, -0.05) is 24.3 Å². The first-order valence-electron chi connectivity index (χ1n) is 6.36. The van der Waals surface area contributed by atoms with Crippen molar-refractivity contribution in [3.63, 3.8) is 0 Å². The standard InChI is InChI=1S/C15H16BrN3O/c1-11-4-2-3-5-12(11)8-9-17-15(20)19-14-7-6-13(16)10-18-14/h2-7,10H,8-9H2,1H3,(H2,17,18,19,20). The van der Waals surface area contributed by atoms with Crippen molar-refractivity contribution in [2.45, 2.75) is 13.3 Å². The molecule has 5 heteroatoms. The second kappa shape index (κ2) is 7.05. The van der Waals surface area contributed by atoms with Crippen LogP contribution in [0.4, 0.5) is 10.6 Å². The molecule has 104 valence electrons. The van der Waals surface area contributed by atoms with E-state index in [0.29, 0.717) is 12.4 Å². The van der Waals surface area contributed by atoms with E-state index in [1.807, 2.05) is 18.2 Å². The number of amides is 2. The van der Waals surface area contributed by atoms with Crippen molar-refractivity contribution in [3.8, 4) is 0 Å². The van der Waals surface area contributed by atoms with Crippen LogP contribution in [0.5, 0.6) is 0 Å². The quantitative estimate of drug-likeness (QED) is 0.899. The summed E-state index contributed by atoms with van der Waals surface area (Å²) in [5.41, 5.74) is 2.49. The number of halogens is 1. The van der Waals surface area contributed by atoms with Crippen LogP contribution in [0, 0.1) is 6.92 Å². The molecule has 1 aromatic carbocycles. The van der Waals surface area contributed by atoms with Crippen LogP contribution in [0.25, 0.3) is 0 Å². The van der Waals surface area contributed by atoms with Crippen molar-refractivity contribution in [1.29, 1.82) is 0 Å². The van der Waals surface area contributed by atoms with Crippen molar-refractivity contribution in [2.24, 2.45) is 0 Å². The fourth-order valence-corrected chi connectivity index (χ4v) is 2.05. The lowest BCUT2D eigenvalue weighted by Gasteiger charge is -2.08. The number of rotatable bonds is 4. The Kier molecular flexibility index (Phi) is 5.12. The molecule has 4 nitrogen and oxygen atoms in total. The number of aryl methyl sites for hydroxylation is 1. The van der Waals surface area contributed by atoms with E-state index < -0.39 is 0 Å². The summed E-state index contributed by atoms with van der Waals surface area (Å²) in [7, 11) is 0. The van der Waals surface area contributed by atoms with Gasteiger partial charge in [0.15, 0.2) is 0 Å². The zero-order chi connectivity index (χ0) is 14.4. The molecule has 0 saturated carbocycles. The Morgan fingerprint density at radius 2 is 2.05 bits per heavy atom. The van der Waals surface area contributed by atoms with Crippen LogP contribution >= 0.6 is 15.9 Å². The highest BCUT2D eigenvalue weighted by Crippen LogP contribution is 2.10. The number of carbonyl (C=O) groups is 1. The van der Waals surface area contributed by atoms with Crippen LogP contribution in [0.3, 0.4) is 0 Å². The largest absolute Gasteiger partial charge is 0.337 e. The maximum atomic E-state index is 11.7. The Morgan fingerprint density at radius 1 is 1.25 bits per heavy atom. The first-order valence-corrected chi connectivity index (χ1v) is 7.15. The van der Waals surface area contributed by atoms with Crippen molar-refractivity contribution in [1.82, 2.24) is 10.3 Å². The van der Waals surface area contributed by atoms with Crippen LogP contribution in [0.2, 0.25) is 0 Å². The molecule has 2 amide bonds. The van der Waals surface area contributed by atoms with Crippen molar-refractivity contribution in [2.75, 3.05) is 11.9 Å². The van der Waals surface area contributed by atoms with Crippen LogP contribution in [-0.4, -0.2) is 17.6 Å². The molecule has 0 fully saturated rings. The molecule has 2 rings (SSSR count). The number of nitrogens with one attached hydrogen (secondary N) is 2. The number of urea groups is 1. The van der Waals surface area contributed by atoms with E-state index in [2.05, 4.69) is 50.6 Å². The Morgan fingerprint density at radius 3 is 2.75 bits per heavy atom. The lowest BCUT2D eigenvalue weighted by Crippen LogP contribution is -2.30. The summed E-state index contributed by atoms with van der Waals surface area (Å²) in [5, 5.41) is 5.51. The molecule has 1 heterocycles. The minimum absolute atomic E-state index is 0.242. The van der Waals surface area contributed by atoms with Crippen molar-refractivity contribution in [3.05, 3.63) is 58.2 Å². The number of anilines is 1. The van der Waals surface area contributed by atoms with Gasteiger partial charge >= 0.3 is 6.03 Å². The monoisotopic (exact) mass is 333 g/mol. The molecule has 0 saturated heterocycles. The number of hydrogen-bond acceptors (Lipinski definition) is 2. The van der Waals surface area contributed by atoms with Gasteiger partial charge in [-0.25, -0.2) is 9.78 Å². The van der Waals surface area contributed by atoms with Gasteiger partial charge in [0, 0.05) is 17.2 Å². The van der Waals surface area contributed by atoms with E-state index in [4.69, 9.17) is 0 Å². The molecule has 0 unspecified atom stereocenters. The molecule has 0 spiro atoms. The molecule has 2 aromatic rings. The van der Waals surface area contributed by atoms with Gasteiger partial charge in [-0.15, -0.1) is 0 Å². The van der Waals surface area contributed by atoms with Gasteiger partial charge in [0.05, 0.1) is 0 Å². The summed E-state index contributed by atoms with van der Waals surface area (Å²) in [5.74, 6) is 0.529. The molecule has 0 atom stereocenters. The first kappa shape index (κ1) is 14.5. The van der Waals surface area contributed by atoms with E-state index in [1.165, 1.54) is 11.1 Å². The van der Waals surface area contributed by atoms with E-state index in [9.17, 15) is 4.79 Å². The second-order valence-corrected chi connectivity index (χ2v) is 5.33. The minimum atomic E-state index is -0.242. The molecule has 0 radical (unpaired) electrons. The first-order chi connectivity index (χ1) is 9.65. The van der Waals surface area contributed by atoms with E-state index in [1.54, 1.807) is 12.3 Å². The van der Waals surface area contributed by atoms with Crippen LogP contribution < -0.4 is 10.6 Å². The molecule has 2 N–H and O–H groups in total. The Bertz CT molecular complexity index is 584. The van der Waals surface area contributed by atoms with Crippen LogP contribution in [-0.2, 0) is 6.42 Å². The van der Waals surface area contributed by atoms with Crippen molar-refractivity contribution < 1.29 is 4.79 Å². The summed E-state index contributed by atoms with van der Waals surface area (Å²) in [6.07, 6.45) is 2.46.